The number of hydrogen-bond acceptors (Lipinski definition) is 4. The first kappa shape index (κ1) is 18.8. The summed E-state index contributed by atoms with van der Waals surface area (Å²) in [4.78, 5) is 12.9. The van der Waals surface area contributed by atoms with Gasteiger partial charge in [0.1, 0.15) is 17.1 Å². The Morgan fingerprint density at radius 2 is 2.07 bits per heavy atom. The summed E-state index contributed by atoms with van der Waals surface area (Å²) >= 11 is 0. The SMILES string of the molecule is O=C(Nc1ccc2c(c1)CCC2)c1cnn2c1N[C@@H](c1ccco1)C[C@H]2C(F)(F)F. The summed E-state index contributed by atoms with van der Waals surface area (Å²) in [6.45, 7) is 0. The van der Waals surface area contributed by atoms with Gasteiger partial charge in [0.15, 0.2) is 6.04 Å². The number of halogens is 3. The molecule has 9 heteroatoms. The number of aryl methyl sites for hydroxylation is 2. The maximum absolute atomic E-state index is 13.7. The molecule has 0 unspecified atom stereocenters. The van der Waals surface area contributed by atoms with Gasteiger partial charge in [0, 0.05) is 12.1 Å². The van der Waals surface area contributed by atoms with Crippen molar-refractivity contribution in [2.45, 2.75) is 43.9 Å². The van der Waals surface area contributed by atoms with E-state index in [0.29, 0.717) is 11.4 Å². The summed E-state index contributed by atoms with van der Waals surface area (Å²) in [5.74, 6) is -0.104. The van der Waals surface area contributed by atoms with Gasteiger partial charge in [0.2, 0.25) is 0 Å². The summed E-state index contributed by atoms with van der Waals surface area (Å²) in [6, 6.07) is 6.38. The molecular weight excluding hydrogens is 397 g/mol. The van der Waals surface area contributed by atoms with E-state index in [9.17, 15) is 18.0 Å². The maximum Gasteiger partial charge on any atom is 0.410 e. The molecule has 2 aliphatic rings. The van der Waals surface area contributed by atoms with Crippen LogP contribution in [0, 0.1) is 0 Å². The molecule has 1 amide bonds. The number of carbonyl (C=O) groups excluding carboxylic acids is 1. The van der Waals surface area contributed by atoms with Crippen LogP contribution in [0.25, 0.3) is 0 Å². The Kier molecular flexibility index (Phi) is 4.34. The van der Waals surface area contributed by atoms with E-state index < -0.39 is 24.2 Å². The molecule has 2 N–H and O–H groups in total. The second kappa shape index (κ2) is 6.93. The molecule has 0 radical (unpaired) electrons. The van der Waals surface area contributed by atoms with E-state index in [1.807, 2.05) is 18.2 Å². The quantitative estimate of drug-likeness (QED) is 0.639. The van der Waals surface area contributed by atoms with Crippen LogP contribution in [0.4, 0.5) is 24.7 Å². The zero-order chi connectivity index (χ0) is 20.9. The number of nitrogens with one attached hydrogen (secondary N) is 2. The predicted molar refractivity (Wildman–Crippen MR) is 103 cm³/mol. The monoisotopic (exact) mass is 416 g/mol. The minimum Gasteiger partial charge on any atom is -0.467 e. The molecular formula is C21H19F3N4O2. The van der Waals surface area contributed by atoms with Gasteiger partial charge >= 0.3 is 6.18 Å². The lowest BCUT2D eigenvalue weighted by Gasteiger charge is -2.32. The second-order valence-electron chi connectivity index (χ2n) is 7.65. The van der Waals surface area contributed by atoms with Crippen molar-refractivity contribution in [1.29, 1.82) is 0 Å². The Labute approximate surface area is 170 Å². The summed E-state index contributed by atoms with van der Waals surface area (Å²) < 4.78 is 47.2. The van der Waals surface area contributed by atoms with Crippen LogP contribution in [0.2, 0.25) is 0 Å². The second-order valence-corrected chi connectivity index (χ2v) is 7.65. The Balaban J connectivity index is 1.46. The topological polar surface area (TPSA) is 72.1 Å². The van der Waals surface area contributed by atoms with Crippen molar-refractivity contribution in [2.24, 2.45) is 0 Å². The Morgan fingerprint density at radius 3 is 2.83 bits per heavy atom. The molecule has 30 heavy (non-hydrogen) atoms. The van der Waals surface area contributed by atoms with E-state index in [0.717, 1.165) is 23.9 Å². The summed E-state index contributed by atoms with van der Waals surface area (Å²) in [6.07, 6.45) is 0.861. The third-order valence-corrected chi connectivity index (χ3v) is 5.73. The van der Waals surface area contributed by atoms with Gasteiger partial charge in [-0.1, -0.05) is 6.07 Å². The van der Waals surface area contributed by atoms with Crippen LogP contribution in [0.3, 0.4) is 0 Å². The zero-order valence-corrected chi connectivity index (χ0v) is 15.9. The summed E-state index contributed by atoms with van der Waals surface area (Å²) in [5, 5.41) is 9.68. The van der Waals surface area contributed by atoms with Gasteiger partial charge in [0.25, 0.3) is 5.91 Å². The number of benzene rings is 1. The third kappa shape index (κ3) is 3.24. The first-order valence-corrected chi connectivity index (χ1v) is 9.77. The van der Waals surface area contributed by atoms with Gasteiger partial charge < -0.3 is 15.1 Å². The van der Waals surface area contributed by atoms with Crippen LogP contribution in [-0.4, -0.2) is 21.9 Å². The molecule has 6 nitrogen and oxygen atoms in total. The summed E-state index contributed by atoms with van der Waals surface area (Å²) in [7, 11) is 0. The highest BCUT2D eigenvalue weighted by Crippen LogP contribution is 2.44. The van der Waals surface area contributed by atoms with Gasteiger partial charge in [-0.15, -0.1) is 0 Å². The first-order valence-electron chi connectivity index (χ1n) is 9.77. The highest BCUT2D eigenvalue weighted by atomic mass is 19.4. The van der Waals surface area contributed by atoms with E-state index in [1.165, 1.54) is 23.6 Å². The molecule has 1 aromatic carbocycles. The van der Waals surface area contributed by atoms with E-state index >= 15 is 0 Å². The van der Waals surface area contributed by atoms with Crippen molar-refractivity contribution in [1.82, 2.24) is 9.78 Å². The fourth-order valence-electron chi connectivity index (χ4n) is 4.25. The molecule has 3 heterocycles. The van der Waals surface area contributed by atoms with Gasteiger partial charge in [0.05, 0.1) is 18.5 Å². The minimum atomic E-state index is -4.51. The van der Waals surface area contributed by atoms with E-state index in [1.54, 1.807) is 12.1 Å². The van der Waals surface area contributed by atoms with E-state index in [2.05, 4.69) is 15.7 Å². The Hall–Kier alpha value is -3.23. The minimum absolute atomic E-state index is 0.0311. The molecule has 0 bridgehead atoms. The lowest BCUT2D eigenvalue weighted by atomic mass is 10.0. The van der Waals surface area contributed by atoms with Crippen molar-refractivity contribution < 1.29 is 22.4 Å². The number of nitrogens with zero attached hydrogens (tertiary/aromatic N) is 2. The average Bonchev–Trinajstić information content (AvgIpc) is 3.45. The smallest absolute Gasteiger partial charge is 0.410 e. The molecule has 2 aromatic heterocycles. The van der Waals surface area contributed by atoms with Crippen molar-refractivity contribution in [3.63, 3.8) is 0 Å². The van der Waals surface area contributed by atoms with Crippen molar-refractivity contribution in [2.75, 3.05) is 10.6 Å². The van der Waals surface area contributed by atoms with E-state index in [-0.39, 0.29) is 17.8 Å². The van der Waals surface area contributed by atoms with Crippen molar-refractivity contribution in [3.05, 3.63) is 65.2 Å². The van der Waals surface area contributed by atoms with Gasteiger partial charge in [-0.3, -0.25) is 4.79 Å². The van der Waals surface area contributed by atoms with Crippen LogP contribution in [0.1, 0.15) is 52.2 Å². The number of anilines is 2. The first-order chi connectivity index (χ1) is 14.4. The number of aromatic nitrogens is 2. The molecule has 0 saturated carbocycles. The predicted octanol–water partition coefficient (Wildman–Crippen LogP) is 4.88. The number of hydrogen-bond donors (Lipinski definition) is 2. The number of fused-ring (bicyclic) bond motifs is 2. The molecule has 1 aliphatic heterocycles. The van der Waals surface area contributed by atoms with Crippen LogP contribution >= 0.6 is 0 Å². The van der Waals surface area contributed by atoms with Gasteiger partial charge in [-0.05, 0) is 54.7 Å². The maximum atomic E-state index is 13.7. The standard InChI is InChI=1S/C21H19F3N4O2/c22-21(23,24)18-10-16(17-5-2-8-30-17)27-19-15(11-25-28(18)19)20(29)26-14-7-6-12-3-1-4-13(12)9-14/h2,5-9,11,16,18,27H,1,3-4,10H2,(H,26,29)/t16-,18+/m1/s1. The molecule has 0 saturated heterocycles. The normalized spacial score (nSPS) is 20.4. The van der Waals surface area contributed by atoms with Crippen LogP contribution in [-0.2, 0) is 12.8 Å². The van der Waals surface area contributed by atoms with Gasteiger partial charge in [-0.2, -0.15) is 18.3 Å². The molecule has 0 spiro atoms. The third-order valence-electron chi connectivity index (χ3n) is 5.73. The molecule has 3 aromatic rings. The van der Waals surface area contributed by atoms with Crippen LogP contribution < -0.4 is 10.6 Å². The highest BCUT2D eigenvalue weighted by Gasteiger charge is 2.47. The van der Waals surface area contributed by atoms with Crippen LogP contribution in [0.15, 0.2) is 47.2 Å². The van der Waals surface area contributed by atoms with Crippen LogP contribution in [0.5, 0.6) is 0 Å². The highest BCUT2D eigenvalue weighted by molar-refractivity contribution is 6.07. The molecule has 2 atom stereocenters. The number of amides is 1. The average molecular weight is 416 g/mol. The number of rotatable bonds is 3. The van der Waals surface area contributed by atoms with E-state index in [4.69, 9.17) is 4.42 Å². The fourth-order valence-corrected chi connectivity index (χ4v) is 4.25. The number of carbonyl (C=O) groups is 1. The Bertz CT molecular complexity index is 1090. The largest absolute Gasteiger partial charge is 0.467 e. The Morgan fingerprint density at radius 1 is 1.23 bits per heavy atom. The molecule has 156 valence electrons. The zero-order valence-electron chi connectivity index (χ0n) is 15.9. The molecule has 1 aliphatic carbocycles. The van der Waals surface area contributed by atoms with Crippen molar-refractivity contribution in [3.8, 4) is 0 Å². The fraction of sp³-hybridized carbons (Fsp3) is 0.333. The number of furan rings is 1. The lowest BCUT2D eigenvalue weighted by molar-refractivity contribution is -0.174. The number of alkyl halides is 3. The van der Waals surface area contributed by atoms with Gasteiger partial charge in [-0.25, -0.2) is 4.68 Å². The van der Waals surface area contributed by atoms with Crippen molar-refractivity contribution >= 4 is 17.4 Å². The molecule has 0 fully saturated rings. The summed E-state index contributed by atoms with van der Waals surface area (Å²) in [5.41, 5.74) is 3.14. The lowest BCUT2D eigenvalue weighted by Crippen LogP contribution is -2.36. The molecule has 5 rings (SSSR count).